The Hall–Kier alpha value is -0.830. The Morgan fingerprint density at radius 3 is 2.82 bits per heavy atom. The molecular formula is C14H25N3. The van der Waals surface area contributed by atoms with E-state index in [2.05, 4.69) is 23.7 Å². The fraction of sp³-hybridized carbons (Fsp3) is 0.786. The highest BCUT2D eigenvalue weighted by Crippen LogP contribution is 2.29. The number of rotatable bonds is 6. The molecule has 0 radical (unpaired) electrons. The first kappa shape index (κ1) is 12.6. The summed E-state index contributed by atoms with van der Waals surface area (Å²) in [6.07, 6.45) is 13.6. The molecule has 1 aromatic heterocycles. The summed E-state index contributed by atoms with van der Waals surface area (Å²) in [5.74, 6) is 0.973. The summed E-state index contributed by atoms with van der Waals surface area (Å²) in [6.45, 7) is 0. The molecule has 0 amide bonds. The van der Waals surface area contributed by atoms with Gasteiger partial charge in [-0.15, -0.1) is 0 Å². The van der Waals surface area contributed by atoms with Crippen LogP contribution in [0, 0.1) is 5.92 Å². The Balaban J connectivity index is 1.74. The van der Waals surface area contributed by atoms with Gasteiger partial charge in [-0.1, -0.05) is 25.7 Å². The van der Waals surface area contributed by atoms with Crippen LogP contribution >= 0.6 is 0 Å². The second-order valence-corrected chi connectivity index (χ2v) is 5.43. The molecule has 1 atom stereocenters. The summed E-state index contributed by atoms with van der Waals surface area (Å²) in [5.41, 5.74) is 1.36. The summed E-state index contributed by atoms with van der Waals surface area (Å²) in [5, 5.41) is 7.70. The van der Waals surface area contributed by atoms with Crippen molar-refractivity contribution in [1.29, 1.82) is 0 Å². The Morgan fingerprint density at radius 1 is 1.47 bits per heavy atom. The molecule has 0 saturated heterocycles. The van der Waals surface area contributed by atoms with E-state index in [0.717, 1.165) is 12.3 Å². The second-order valence-electron chi connectivity index (χ2n) is 5.43. The molecule has 1 N–H and O–H groups in total. The molecule has 2 rings (SSSR count). The Bertz CT molecular complexity index is 326. The highest BCUT2D eigenvalue weighted by Gasteiger charge is 2.19. The van der Waals surface area contributed by atoms with Crippen molar-refractivity contribution in [2.75, 3.05) is 7.05 Å². The molecule has 1 aliphatic rings. The van der Waals surface area contributed by atoms with Crippen molar-refractivity contribution in [1.82, 2.24) is 15.1 Å². The van der Waals surface area contributed by atoms with Crippen molar-refractivity contribution in [2.45, 2.75) is 51.0 Å². The Morgan fingerprint density at radius 2 is 2.24 bits per heavy atom. The average molecular weight is 235 g/mol. The van der Waals surface area contributed by atoms with E-state index < -0.39 is 0 Å². The van der Waals surface area contributed by atoms with E-state index >= 15 is 0 Å². The van der Waals surface area contributed by atoms with E-state index in [0.29, 0.717) is 6.04 Å². The molecule has 3 nitrogen and oxygen atoms in total. The number of nitrogens with one attached hydrogen (secondary N) is 1. The normalized spacial score (nSPS) is 18.7. The molecule has 0 aromatic carbocycles. The minimum Gasteiger partial charge on any atom is -0.317 e. The zero-order valence-electron chi connectivity index (χ0n) is 11.2. The van der Waals surface area contributed by atoms with Crippen LogP contribution in [-0.4, -0.2) is 22.9 Å². The summed E-state index contributed by atoms with van der Waals surface area (Å²) in [4.78, 5) is 0. The van der Waals surface area contributed by atoms with E-state index in [1.807, 2.05) is 17.9 Å². The van der Waals surface area contributed by atoms with Gasteiger partial charge in [0.15, 0.2) is 0 Å². The van der Waals surface area contributed by atoms with E-state index in [1.165, 1.54) is 44.1 Å². The predicted octanol–water partition coefficient (Wildman–Crippen LogP) is 2.52. The van der Waals surface area contributed by atoms with Crippen LogP contribution in [0.15, 0.2) is 12.4 Å². The zero-order chi connectivity index (χ0) is 12.1. The van der Waals surface area contributed by atoms with Crippen molar-refractivity contribution < 1.29 is 0 Å². The van der Waals surface area contributed by atoms with Crippen LogP contribution in [0.5, 0.6) is 0 Å². The molecule has 0 aliphatic heterocycles. The lowest BCUT2D eigenvalue weighted by Gasteiger charge is -2.19. The number of aryl methyl sites for hydroxylation is 2. The Kier molecular flexibility index (Phi) is 4.60. The first-order valence-corrected chi connectivity index (χ1v) is 6.92. The van der Waals surface area contributed by atoms with Gasteiger partial charge in [0.1, 0.15) is 0 Å². The molecule has 1 fully saturated rings. The first-order valence-electron chi connectivity index (χ1n) is 6.92. The summed E-state index contributed by atoms with van der Waals surface area (Å²) >= 11 is 0. The van der Waals surface area contributed by atoms with Crippen LogP contribution in [0.1, 0.15) is 44.1 Å². The van der Waals surface area contributed by atoms with Gasteiger partial charge in [-0.2, -0.15) is 5.10 Å². The van der Waals surface area contributed by atoms with Crippen LogP contribution in [0.4, 0.5) is 0 Å². The smallest absolute Gasteiger partial charge is 0.0521 e. The van der Waals surface area contributed by atoms with Crippen molar-refractivity contribution in [3.05, 3.63) is 18.0 Å². The summed E-state index contributed by atoms with van der Waals surface area (Å²) in [6, 6.07) is 0.679. The monoisotopic (exact) mass is 235 g/mol. The van der Waals surface area contributed by atoms with Gasteiger partial charge in [0.2, 0.25) is 0 Å². The van der Waals surface area contributed by atoms with Crippen LogP contribution in [0.2, 0.25) is 0 Å². The van der Waals surface area contributed by atoms with Crippen molar-refractivity contribution in [2.24, 2.45) is 13.0 Å². The third kappa shape index (κ3) is 3.84. The van der Waals surface area contributed by atoms with Gasteiger partial charge in [0.25, 0.3) is 0 Å². The maximum absolute atomic E-state index is 4.22. The number of hydrogen-bond acceptors (Lipinski definition) is 2. The van der Waals surface area contributed by atoms with Crippen LogP contribution in [-0.2, 0) is 13.5 Å². The largest absolute Gasteiger partial charge is 0.317 e. The minimum atomic E-state index is 0.679. The first-order chi connectivity index (χ1) is 8.28. The van der Waals surface area contributed by atoms with E-state index in [4.69, 9.17) is 0 Å². The summed E-state index contributed by atoms with van der Waals surface area (Å²) in [7, 11) is 4.08. The molecule has 0 spiro atoms. The van der Waals surface area contributed by atoms with Crippen molar-refractivity contribution >= 4 is 0 Å². The van der Waals surface area contributed by atoms with Crippen molar-refractivity contribution in [3.8, 4) is 0 Å². The highest BCUT2D eigenvalue weighted by atomic mass is 15.2. The maximum Gasteiger partial charge on any atom is 0.0521 e. The zero-order valence-corrected chi connectivity index (χ0v) is 11.2. The lowest BCUT2D eigenvalue weighted by molar-refractivity contribution is 0.388. The molecule has 1 aliphatic carbocycles. The van der Waals surface area contributed by atoms with Gasteiger partial charge in [-0.05, 0) is 37.8 Å². The molecule has 1 heterocycles. The third-order valence-electron chi connectivity index (χ3n) is 4.04. The average Bonchev–Trinajstić information content (AvgIpc) is 2.96. The lowest BCUT2D eigenvalue weighted by Crippen LogP contribution is -2.27. The predicted molar refractivity (Wildman–Crippen MR) is 71.0 cm³/mol. The fourth-order valence-corrected chi connectivity index (χ4v) is 2.97. The molecule has 0 bridgehead atoms. The molecule has 1 aromatic rings. The number of aromatic nitrogens is 2. The molecule has 17 heavy (non-hydrogen) atoms. The van der Waals surface area contributed by atoms with Gasteiger partial charge >= 0.3 is 0 Å². The molecule has 96 valence electrons. The van der Waals surface area contributed by atoms with E-state index in [9.17, 15) is 0 Å². The Labute approximate surface area is 105 Å². The minimum absolute atomic E-state index is 0.679. The van der Waals surface area contributed by atoms with Gasteiger partial charge < -0.3 is 5.32 Å². The fourth-order valence-electron chi connectivity index (χ4n) is 2.97. The quantitative estimate of drug-likeness (QED) is 0.821. The number of hydrogen-bond donors (Lipinski definition) is 1. The maximum atomic E-state index is 4.22. The van der Waals surface area contributed by atoms with Gasteiger partial charge in [0.05, 0.1) is 6.20 Å². The summed E-state index contributed by atoms with van der Waals surface area (Å²) < 4.78 is 1.89. The molecule has 1 saturated carbocycles. The molecule has 3 heteroatoms. The van der Waals surface area contributed by atoms with Gasteiger partial charge in [-0.3, -0.25) is 4.68 Å². The van der Waals surface area contributed by atoms with Gasteiger partial charge in [-0.25, -0.2) is 0 Å². The topological polar surface area (TPSA) is 29.9 Å². The second kappa shape index (κ2) is 6.20. The SMILES string of the molecule is CNC(CCc1cnn(C)c1)CC1CCCC1. The van der Waals surface area contributed by atoms with E-state index in [1.54, 1.807) is 0 Å². The number of nitrogens with zero attached hydrogens (tertiary/aromatic N) is 2. The third-order valence-corrected chi connectivity index (χ3v) is 4.04. The molecule has 1 unspecified atom stereocenters. The van der Waals surface area contributed by atoms with E-state index in [-0.39, 0.29) is 0 Å². The molecular weight excluding hydrogens is 210 g/mol. The van der Waals surface area contributed by atoms with Crippen LogP contribution in [0.3, 0.4) is 0 Å². The highest BCUT2D eigenvalue weighted by molar-refractivity contribution is 5.04. The van der Waals surface area contributed by atoms with Gasteiger partial charge in [0, 0.05) is 19.3 Å². The lowest BCUT2D eigenvalue weighted by atomic mass is 9.95. The van der Waals surface area contributed by atoms with Crippen LogP contribution < -0.4 is 5.32 Å². The standard InChI is InChI=1S/C14H25N3/c1-15-14(9-12-5-3-4-6-12)8-7-13-10-16-17(2)11-13/h10-12,14-15H,3-9H2,1-2H3. The van der Waals surface area contributed by atoms with Crippen molar-refractivity contribution in [3.63, 3.8) is 0 Å². The van der Waals surface area contributed by atoms with Crippen LogP contribution in [0.25, 0.3) is 0 Å².